The molecule has 0 atom stereocenters. The first-order valence-electron chi connectivity index (χ1n) is 22.2. The van der Waals surface area contributed by atoms with Crippen molar-refractivity contribution in [3.8, 4) is 44.5 Å². The molecule has 0 spiro atoms. The summed E-state index contributed by atoms with van der Waals surface area (Å²) in [5, 5.41) is -0.231. The fourth-order valence-corrected chi connectivity index (χ4v) is 10.6. The molecule has 0 N–H and O–H groups in total. The minimum Gasteiger partial charge on any atom is -0.112 e. The molecule has 0 aliphatic rings. The third-order valence-corrected chi connectivity index (χ3v) is 14.7. The number of rotatable bonds is 4. The maximum Gasteiger partial charge on any atom is 0.115 e. The lowest BCUT2D eigenvalue weighted by atomic mass is 9.54. The molecule has 9 aromatic carbocycles. The van der Waals surface area contributed by atoms with Gasteiger partial charge >= 0.3 is 0 Å². The molecule has 30 heteroatoms. The Labute approximate surface area is 483 Å². The highest BCUT2D eigenvalue weighted by Crippen LogP contribution is 2.41. The van der Waals surface area contributed by atoms with Crippen LogP contribution in [0.4, 0.5) is 0 Å². The van der Waals surface area contributed by atoms with Crippen LogP contribution in [0.25, 0.3) is 87.6 Å². The van der Waals surface area contributed by atoms with Gasteiger partial charge in [-0.15, -0.1) is 54.6 Å². The Kier molecular flexibility index (Phi) is 14.4. The van der Waals surface area contributed by atoms with E-state index in [4.69, 9.17) is 235 Å². The summed E-state index contributed by atoms with van der Waals surface area (Å²) < 4.78 is 0. The third kappa shape index (κ3) is 7.41. The SMILES string of the molecule is [B]c1c([B])c([B])c(-c2c([B])c([B])c3c(-c4c([B])c([B])c(-c5c([B])c([B])c6c([B])c([B])c([B])c([B])c6c5[B])c([B])c4[B])c4c([B])c([B])c([B])c([B])c4c(-c4c([B])c([B])c([B])c5c([B])c([B])c([B])c([B])c45)c3c2[B])c([B])c1[B]. The highest BCUT2D eigenvalue weighted by Gasteiger charge is 2.32. The van der Waals surface area contributed by atoms with E-state index in [1.807, 2.05) is 0 Å². The highest BCUT2D eigenvalue weighted by atomic mass is 14.3. The Bertz CT molecular complexity index is 4210. The van der Waals surface area contributed by atoms with Crippen LogP contribution in [0.3, 0.4) is 0 Å². The highest BCUT2D eigenvalue weighted by molar-refractivity contribution is 6.78. The van der Waals surface area contributed by atoms with Crippen molar-refractivity contribution >= 4 is 442 Å². The Morgan fingerprint density at radius 3 is 0.539 bits per heavy atom. The van der Waals surface area contributed by atoms with Gasteiger partial charge in [0.1, 0.15) is 235 Å². The van der Waals surface area contributed by atoms with Gasteiger partial charge in [0.2, 0.25) is 0 Å². The number of benzene rings is 9. The van der Waals surface area contributed by atoms with E-state index in [9.17, 15) is 0 Å². The second kappa shape index (κ2) is 19.4. The number of hydrogen-bond acceptors (Lipinski definition) is 0. The molecule has 76 heavy (non-hydrogen) atoms. The van der Waals surface area contributed by atoms with Crippen LogP contribution >= 0.6 is 0 Å². The van der Waals surface area contributed by atoms with Crippen molar-refractivity contribution in [1.29, 1.82) is 0 Å². The van der Waals surface area contributed by atoms with Crippen molar-refractivity contribution in [1.82, 2.24) is 0 Å². The molecule has 0 aromatic heterocycles. The zero-order valence-corrected chi connectivity index (χ0v) is 40.3. The molecule has 0 aliphatic heterocycles. The lowest BCUT2D eigenvalue weighted by Gasteiger charge is -2.34. The van der Waals surface area contributed by atoms with E-state index in [1.165, 1.54) is 0 Å². The smallest absolute Gasteiger partial charge is 0.112 e. The first-order chi connectivity index (χ1) is 35.3. The molecule has 0 bridgehead atoms. The Morgan fingerprint density at radius 2 is 0.197 bits per heavy atom. The largest absolute Gasteiger partial charge is 0.115 e. The summed E-state index contributed by atoms with van der Waals surface area (Å²) >= 11 is 0. The molecule has 9 aromatic rings. The van der Waals surface area contributed by atoms with Crippen LogP contribution in [-0.4, -0.2) is 235 Å². The summed E-state index contributed by atoms with van der Waals surface area (Å²) in [5.41, 5.74) is -6.86. The van der Waals surface area contributed by atoms with E-state index in [1.54, 1.807) is 0 Å². The summed E-state index contributed by atoms with van der Waals surface area (Å²) in [6.07, 6.45) is 0. The topological polar surface area (TPSA) is 0 Å². The van der Waals surface area contributed by atoms with Gasteiger partial charge < -0.3 is 0 Å². The van der Waals surface area contributed by atoms with Crippen LogP contribution in [-0.2, 0) is 0 Å². The van der Waals surface area contributed by atoms with Gasteiger partial charge in [-0.1, -0.05) is 109 Å². The van der Waals surface area contributed by atoms with E-state index in [0.717, 1.165) is 0 Å². The molecular formula is C46B30. The van der Waals surface area contributed by atoms with Crippen LogP contribution in [0.5, 0.6) is 0 Å². The Hall–Kier alpha value is -4.03. The van der Waals surface area contributed by atoms with Gasteiger partial charge in [0.25, 0.3) is 0 Å². The molecule has 0 unspecified atom stereocenters. The van der Waals surface area contributed by atoms with E-state index in [2.05, 4.69) is 0 Å². The average molecular weight is 877 g/mol. The normalized spacial score (nSPS) is 11.7. The second-order valence-electron chi connectivity index (χ2n) is 18.4. The van der Waals surface area contributed by atoms with Gasteiger partial charge in [-0.2, -0.15) is 0 Å². The van der Waals surface area contributed by atoms with Crippen molar-refractivity contribution in [2.75, 3.05) is 0 Å². The molecular weight excluding hydrogens is 877 g/mol. The fraction of sp³-hybridized carbons (Fsp3) is 0. The molecule has 0 saturated carbocycles. The van der Waals surface area contributed by atoms with Gasteiger partial charge in [0.15, 0.2) is 0 Å². The van der Waals surface area contributed by atoms with Crippen LogP contribution in [0, 0.1) is 0 Å². The minimum absolute atomic E-state index is 0.00844. The van der Waals surface area contributed by atoms with Crippen molar-refractivity contribution in [2.45, 2.75) is 0 Å². The van der Waals surface area contributed by atoms with Gasteiger partial charge in [-0.05, 0) is 87.6 Å². The van der Waals surface area contributed by atoms with Gasteiger partial charge in [-0.3, -0.25) is 0 Å². The van der Waals surface area contributed by atoms with Crippen molar-refractivity contribution in [3.05, 3.63) is 0 Å². The van der Waals surface area contributed by atoms with Crippen molar-refractivity contribution in [3.63, 3.8) is 0 Å². The number of fused-ring (bicyclic) bond motifs is 4. The third-order valence-electron chi connectivity index (χ3n) is 14.7. The molecule has 60 radical (unpaired) electrons. The first-order valence-corrected chi connectivity index (χ1v) is 22.2. The Balaban J connectivity index is 1.63. The molecule has 0 nitrogen and oxygen atoms in total. The van der Waals surface area contributed by atoms with Gasteiger partial charge in [-0.25, -0.2) is 0 Å². The maximum atomic E-state index is 7.51. The monoisotopic (exact) mass is 882 g/mol. The van der Waals surface area contributed by atoms with E-state index in [-0.39, 0.29) is 251 Å². The zero-order valence-electron chi connectivity index (χ0n) is 40.3. The lowest BCUT2D eigenvalue weighted by molar-refractivity contribution is 1.82. The second-order valence-corrected chi connectivity index (χ2v) is 18.4. The molecule has 274 valence electrons. The minimum atomic E-state index is -0.317. The molecule has 0 amide bonds. The number of hydrogen-bond donors (Lipinski definition) is 0. The van der Waals surface area contributed by atoms with Crippen LogP contribution in [0.1, 0.15) is 0 Å². The fourth-order valence-electron chi connectivity index (χ4n) is 10.6. The van der Waals surface area contributed by atoms with Crippen molar-refractivity contribution in [2.24, 2.45) is 0 Å². The molecule has 0 fully saturated rings. The molecule has 0 heterocycles. The summed E-state index contributed by atoms with van der Waals surface area (Å²) in [4.78, 5) is 0. The summed E-state index contributed by atoms with van der Waals surface area (Å²) in [6, 6.07) is 0. The molecule has 0 saturated heterocycles. The van der Waals surface area contributed by atoms with Gasteiger partial charge in [0.05, 0.1) is 0 Å². The van der Waals surface area contributed by atoms with E-state index < -0.39 is 0 Å². The standard InChI is InChI=1S/C46B30/c47-17-3-1(5-8-10(31(61)37(67)20(5)50)32(62)41(71)40(70)23(8)53)4-7(22(52)39(69)38(68)21(4)51)2(6(3)19(49)26(56)11(17)16-35(65)44(74)46(76)45(75)36(16)66)9-24(54)28(58)14(29(59)25(9)55)12-18(48)13-15(30(60)27(12)57)34(64)43(73)42(72)33(13)63. The van der Waals surface area contributed by atoms with Crippen LogP contribution in [0.15, 0.2) is 0 Å². The maximum absolute atomic E-state index is 7.51. The Morgan fingerprint density at radius 1 is 0.0789 bits per heavy atom. The average Bonchev–Trinajstić information content (AvgIpc) is 3.39. The quantitative estimate of drug-likeness (QED) is 0.122. The summed E-state index contributed by atoms with van der Waals surface area (Å²) in [6.45, 7) is 0. The van der Waals surface area contributed by atoms with E-state index >= 15 is 0 Å². The molecule has 0 aliphatic carbocycles. The summed E-state index contributed by atoms with van der Waals surface area (Å²) in [7, 11) is 204. The molecule has 9 rings (SSSR count). The van der Waals surface area contributed by atoms with Gasteiger partial charge in [0, 0.05) is 0 Å². The van der Waals surface area contributed by atoms with E-state index in [0.29, 0.717) is 0 Å². The summed E-state index contributed by atoms with van der Waals surface area (Å²) in [5.74, 6) is 0. The predicted molar refractivity (Wildman–Crippen MR) is 360 cm³/mol. The first kappa shape index (κ1) is 56.7. The zero-order chi connectivity index (χ0) is 56.6. The van der Waals surface area contributed by atoms with Crippen LogP contribution < -0.4 is 164 Å². The van der Waals surface area contributed by atoms with Crippen LogP contribution in [0.2, 0.25) is 0 Å². The predicted octanol–water partition coefficient (Wildman–Crippen LogP) is -23.2. The lowest BCUT2D eigenvalue weighted by Crippen LogP contribution is -2.56. The van der Waals surface area contributed by atoms with Crippen molar-refractivity contribution < 1.29 is 0 Å².